The van der Waals surface area contributed by atoms with Crippen molar-refractivity contribution in [1.82, 2.24) is 0 Å². The molecule has 0 radical (unpaired) electrons. The second kappa shape index (κ2) is 10.3. The number of hydrogen-bond donors (Lipinski definition) is 0. The highest BCUT2D eigenvalue weighted by Crippen LogP contribution is 2.28. The van der Waals surface area contributed by atoms with E-state index in [0.717, 1.165) is 26.7 Å². The van der Waals surface area contributed by atoms with E-state index in [-0.39, 0.29) is 12.5 Å². The van der Waals surface area contributed by atoms with Crippen LogP contribution in [0, 0.1) is 18.8 Å². The maximum Gasteiger partial charge on any atom is 0.0670 e. The van der Waals surface area contributed by atoms with E-state index in [4.69, 9.17) is 5.53 Å². The Bertz CT molecular complexity index is 1080. The van der Waals surface area contributed by atoms with Crippen LogP contribution in [0.25, 0.3) is 16.5 Å². The first-order valence-corrected chi connectivity index (χ1v) is 10.0. The molecule has 0 aliphatic heterocycles. The van der Waals surface area contributed by atoms with Crippen LogP contribution in [0.2, 0.25) is 0 Å². The molecule has 0 aliphatic carbocycles. The van der Waals surface area contributed by atoms with Gasteiger partial charge in [0.25, 0.3) is 0 Å². The molecule has 3 aromatic carbocycles. The lowest BCUT2D eigenvalue weighted by atomic mass is 9.89. The van der Waals surface area contributed by atoms with Gasteiger partial charge in [-0.15, -0.1) is 0 Å². The minimum Gasteiger partial charge on any atom is -0.0896 e. The maximum atomic E-state index is 8.90. The summed E-state index contributed by atoms with van der Waals surface area (Å²) in [5.41, 5.74) is 14.1. The van der Waals surface area contributed by atoms with E-state index in [1.807, 2.05) is 54.6 Å². The third kappa shape index (κ3) is 6.12. The fourth-order valence-corrected chi connectivity index (χ4v) is 3.20. The summed E-state index contributed by atoms with van der Waals surface area (Å²) < 4.78 is 1.01. The van der Waals surface area contributed by atoms with Gasteiger partial charge in [-0.1, -0.05) is 99.1 Å². The molecule has 1 atom stereocenters. The van der Waals surface area contributed by atoms with Crippen molar-refractivity contribution in [3.05, 3.63) is 122 Å². The topological polar surface area (TPSA) is 48.8 Å². The molecule has 0 amide bonds. The number of azide groups is 1. The van der Waals surface area contributed by atoms with Crippen LogP contribution in [-0.4, -0.2) is 6.54 Å². The van der Waals surface area contributed by atoms with Gasteiger partial charge in [-0.3, -0.25) is 0 Å². The third-order valence-electron chi connectivity index (χ3n) is 4.45. The van der Waals surface area contributed by atoms with E-state index < -0.39 is 0 Å². The lowest BCUT2D eigenvalue weighted by Crippen LogP contribution is -2.04. The number of benzene rings is 3. The first kappa shape index (κ1) is 20.5. The minimum absolute atomic E-state index is 0.185. The van der Waals surface area contributed by atoms with Crippen LogP contribution < -0.4 is 0 Å². The standard InChI is InChI=1S/C25H20BrN3/c1-19-7-9-21(10-8-19)17-23(18-28-29-27)25(22-12-14-24(26)15-13-22)16-11-20-5-3-2-4-6-20/h2-10,12-15,17,25H,18H2,1H3/b23-17-. The number of rotatable bonds is 5. The van der Waals surface area contributed by atoms with Crippen LogP contribution in [-0.2, 0) is 0 Å². The van der Waals surface area contributed by atoms with Crippen LogP contribution in [0.5, 0.6) is 0 Å². The highest BCUT2D eigenvalue weighted by molar-refractivity contribution is 9.10. The Labute approximate surface area is 179 Å². The van der Waals surface area contributed by atoms with Crippen LogP contribution in [0.4, 0.5) is 0 Å². The average molecular weight is 442 g/mol. The van der Waals surface area contributed by atoms with Crippen molar-refractivity contribution in [2.75, 3.05) is 6.54 Å². The van der Waals surface area contributed by atoms with Crippen molar-refractivity contribution in [2.45, 2.75) is 12.8 Å². The molecule has 3 rings (SSSR count). The van der Waals surface area contributed by atoms with Crippen molar-refractivity contribution < 1.29 is 0 Å². The first-order chi connectivity index (χ1) is 14.2. The zero-order valence-electron chi connectivity index (χ0n) is 16.1. The molecule has 0 aromatic heterocycles. The molecular weight excluding hydrogens is 422 g/mol. The number of hydrogen-bond acceptors (Lipinski definition) is 1. The largest absolute Gasteiger partial charge is 0.0896 e. The molecule has 29 heavy (non-hydrogen) atoms. The molecule has 0 fully saturated rings. The van der Waals surface area contributed by atoms with Crippen LogP contribution >= 0.6 is 15.9 Å². The van der Waals surface area contributed by atoms with E-state index in [1.54, 1.807) is 0 Å². The van der Waals surface area contributed by atoms with Gasteiger partial charge < -0.3 is 0 Å². The van der Waals surface area contributed by atoms with Crippen molar-refractivity contribution in [3.63, 3.8) is 0 Å². The molecule has 0 aliphatic rings. The van der Waals surface area contributed by atoms with E-state index in [9.17, 15) is 0 Å². The zero-order chi connectivity index (χ0) is 20.5. The second-order valence-electron chi connectivity index (χ2n) is 6.64. The molecule has 0 spiro atoms. The van der Waals surface area contributed by atoms with Gasteiger partial charge in [0, 0.05) is 21.5 Å². The Morgan fingerprint density at radius 2 is 1.72 bits per heavy atom. The average Bonchev–Trinajstić information content (AvgIpc) is 2.75. The molecule has 0 N–H and O–H groups in total. The minimum atomic E-state index is -0.185. The van der Waals surface area contributed by atoms with Crippen molar-refractivity contribution in [2.24, 2.45) is 5.11 Å². The van der Waals surface area contributed by atoms with Crippen LogP contribution in [0.3, 0.4) is 0 Å². The van der Waals surface area contributed by atoms with E-state index >= 15 is 0 Å². The summed E-state index contributed by atoms with van der Waals surface area (Å²) in [6.45, 7) is 2.32. The van der Waals surface area contributed by atoms with Gasteiger partial charge in [0.05, 0.1) is 5.92 Å². The van der Waals surface area contributed by atoms with Crippen molar-refractivity contribution in [3.8, 4) is 11.8 Å². The normalized spacial score (nSPS) is 11.7. The summed E-state index contributed by atoms with van der Waals surface area (Å²) in [7, 11) is 0. The Morgan fingerprint density at radius 1 is 1.03 bits per heavy atom. The second-order valence-corrected chi connectivity index (χ2v) is 7.55. The van der Waals surface area contributed by atoms with Crippen LogP contribution in [0.1, 0.15) is 28.2 Å². The summed E-state index contributed by atoms with van der Waals surface area (Å²) in [5, 5.41) is 3.84. The Kier molecular flexibility index (Phi) is 7.30. The van der Waals surface area contributed by atoms with E-state index in [0.29, 0.717) is 0 Å². The smallest absolute Gasteiger partial charge is 0.0670 e. The summed E-state index contributed by atoms with van der Waals surface area (Å²) in [5.74, 6) is 6.48. The van der Waals surface area contributed by atoms with E-state index in [1.165, 1.54) is 5.56 Å². The van der Waals surface area contributed by atoms with Crippen molar-refractivity contribution >= 4 is 22.0 Å². The molecule has 0 heterocycles. The van der Waals surface area contributed by atoms with Gasteiger partial charge in [0.1, 0.15) is 0 Å². The molecule has 142 valence electrons. The molecule has 3 nitrogen and oxygen atoms in total. The lowest BCUT2D eigenvalue weighted by molar-refractivity contribution is 0.961. The van der Waals surface area contributed by atoms with Gasteiger partial charge >= 0.3 is 0 Å². The lowest BCUT2D eigenvalue weighted by Gasteiger charge is -2.15. The van der Waals surface area contributed by atoms with Gasteiger partial charge in [0.2, 0.25) is 0 Å². The highest BCUT2D eigenvalue weighted by Gasteiger charge is 2.14. The van der Waals surface area contributed by atoms with Crippen LogP contribution in [0.15, 0.2) is 94.0 Å². The Morgan fingerprint density at radius 3 is 2.38 bits per heavy atom. The van der Waals surface area contributed by atoms with Crippen molar-refractivity contribution in [1.29, 1.82) is 0 Å². The maximum absolute atomic E-state index is 8.90. The highest BCUT2D eigenvalue weighted by atomic mass is 79.9. The molecule has 3 aromatic rings. The zero-order valence-corrected chi connectivity index (χ0v) is 17.7. The number of aryl methyl sites for hydroxylation is 1. The Hall–Kier alpha value is -3.25. The van der Waals surface area contributed by atoms with Gasteiger partial charge in [-0.2, -0.15) is 0 Å². The quantitative estimate of drug-likeness (QED) is 0.172. The summed E-state index contributed by atoms with van der Waals surface area (Å²) >= 11 is 3.49. The third-order valence-corrected chi connectivity index (χ3v) is 4.98. The fourth-order valence-electron chi connectivity index (χ4n) is 2.93. The van der Waals surface area contributed by atoms with Gasteiger partial charge in [0.15, 0.2) is 0 Å². The van der Waals surface area contributed by atoms with Gasteiger partial charge in [-0.05, 0) is 53.4 Å². The SMILES string of the molecule is Cc1ccc(/C=C(/CN=[N+]=[N-])C(C#Cc2ccccc2)c2ccc(Br)cc2)cc1. The molecule has 0 saturated carbocycles. The molecular formula is C25H20BrN3. The molecule has 0 saturated heterocycles. The summed E-state index contributed by atoms with van der Waals surface area (Å²) in [4.78, 5) is 2.97. The summed E-state index contributed by atoms with van der Waals surface area (Å²) in [6.07, 6.45) is 2.07. The Balaban J connectivity index is 2.08. The summed E-state index contributed by atoms with van der Waals surface area (Å²) in [6, 6.07) is 26.3. The number of halogens is 1. The molecule has 4 heteroatoms. The number of nitrogens with zero attached hydrogens (tertiary/aromatic N) is 3. The van der Waals surface area contributed by atoms with Gasteiger partial charge in [-0.25, -0.2) is 0 Å². The monoisotopic (exact) mass is 441 g/mol. The predicted octanol–water partition coefficient (Wildman–Crippen LogP) is 7.29. The van der Waals surface area contributed by atoms with E-state index in [2.05, 4.69) is 75.1 Å². The first-order valence-electron chi connectivity index (χ1n) is 9.26. The molecule has 0 bridgehead atoms. The predicted molar refractivity (Wildman–Crippen MR) is 123 cm³/mol. The fraction of sp³-hybridized carbons (Fsp3) is 0.120. The molecule has 1 unspecified atom stereocenters.